The first-order valence-electron chi connectivity index (χ1n) is 15.4. The van der Waals surface area contributed by atoms with E-state index >= 15 is 4.39 Å². The van der Waals surface area contributed by atoms with Crippen LogP contribution in [0.5, 0.6) is 0 Å². The highest BCUT2D eigenvalue weighted by atomic mass is 32.2. The van der Waals surface area contributed by atoms with Crippen LogP contribution < -0.4 is 14.9 Å². The number of sulfonamides is 1. The largest absolute Gasteiger partial charge is 0.351 e. The summed E-state index contributed by atoms with van der Waals surface area (Å²) in [4.78, 5) is 14.5. The van der Waals surface area contributed by atoms with Crippen LogP contribution in [0.1, 0.15) is 25.7 Å². The molecule has 1 aliphatic carbocycles. The molecule has 3 unspecified atom stereocenters. The van der Waals surface area contributed by atoms with Gasteiger partial charge in [-0.3, -0.25) is 4.72 Å². The number of fused-ring (bicyclic) bond motifs is 3. The third kappa shape index (κ3) is 5.80. The standard InChI is InChI=1S/C31H27F5N6O4S3/c32-20-4-2-5-21(33)28(20)49(45,46)41-22-6-1-3-17(24(22)34)26-27(47-30(40-26)42-15-7-8-16(42)12-31(35,36)11-15)23-9-10-37-29(38-23)39-25-18-13-48(43,44)14-19(18)25/h1-6,9-10,15-16,18-19,25,41H,7-8,11-14H2,(H,37,38,39)/t15?,16?,18-,19+,25?. The maximum atomic E-state index is 16.3. The number of nitrogens with one attached hydrogen (secondary N) is 2. The fraction of sp³-hybridized carbons (Fsp3) is 0.387. The summed E-state index contributed by atoms with van der Waals surface area (Å²) in [5.41, 5.74) is -0.412. The van der Waals surface area contributed by atoms with E-state index in [4.69, 9.17) is 4.98 Å². The fourth-order valence-corrected chi connectivity index (χ4v) is 12.0. The number of hydrogen-bond acceptors (Lipinski definition) is 10. The molecule has 2 aromatic heterocycles. The lowest BCUT2D eigenvalue weighted by Gasteiger charge is -2.38. The maximum Gasteiger partial charge on any atom is 0.267 e. The Bertz CT molecular complexity index is 2170. The van der Waals surface area contributed by atoms with Gasteiger partial charge in [0.2, 0.25) is 5.95 Å². The van der Waals surface area contributed by atoms with Gasteiger partial charge in [-0.05, 0) is 55.0 Å². The molecule has 2 bridgehead atoms. The van der Waals surface area contributed by atoms with Gasteiger partial charge in [-0.1, -0.05) is 23.5 Å². The molecular weight excluding hydrogens is 712 g/mol. The van der Waals surface area contributed by atoms with Gasteiger partial charge in [0.1, 0.15) is 11.6 Å². The van der Waals surface area contributed by atoms with Gasteiger partial charge in [0.25, 0.3) is 15.9 Å². The van der Waals surface area contributed by atoms with Crippen molar-refractivity contribution >= 4 is 48.0 Å². The Labute approximate surface area is 281 Å². The number of rotatable bonds is 8. The number of benzene rings is 2. The van der Waals surface area contributed by atoms with Gasteiger partial charge in [-0.2, -0.15) is 0 Å². The average molecular weight is 739 g/mol. The third-order valence-electron chi connectivity index (χ3n) is 9.62. The highest BCUT2D eigenvalue weighted by Crippen LogP contribution is 2.51. The van der Waals surface area contributed by atoms with Crippen molar-refractivity contribution in [1.82, 2.24) is 15.0 Å². The van der Waals surface area contributed by atoms with Gasteiger partial charge in [-0.15, -0.1) is 0 Å². The number of aromatic nitrogens is 3. The lowest BCUT2D eigenvalue weighted by Crippen LogP contribution is -2.47. The maximum absolute atomic E-state index is 16.3. The molecule has 2 N–H and O–H groups in total. The number of piperidine rings is 1. The normalized spacial score (nSPS) is 26.4. The molecule has 5 atom stereocenters. The van der Waals surface area contributed by atoms with Crippen LogP contribution >= 0.6 is 11.3 Å². The first-order chi connectivity index (χ1) is 23.2. The number of hydrogen-bond donors (Lipinski definition) is 2. The van der Waals surface area contributed by atoms with Crippen LogP contribution in [-0.2, 0) is 19.9 Å². The van der Waals surface area contributed by atoms with Crippen molar-refractivity contribution in [1.29, 1.82) is 0 Å². The monoisotopic (exact) mass is 738 g/mol. The third-order valence-corrected chi connectivity index (χ3v) is 13.9. The van der Waals surface area contributed by atoms with E-state index in [-0.39, 0.29) is 59.4 Å². The van der Waals surface area contributed by atoms with Crippen molar-refractivity contribution in [3.8, 4) is 21.8 Å². The zero-order chi connectivity index (χ0) is 34.5. The summed E-state index contributed by atoms with van der Waals surface area (Å²) in [5, 5.41) is 3.55. The lowest BCUT2D eigenvalue weighted by atomic mass is 9.99. The quantitative estimate of drug-likeness (QED) is 0.218. The van der Waals surface area contributed by atoms with E-state index in [1.54, 1.807) is 6.07 Å². The second-order valence-corrected chi connectivity index (χ2v) is 17.6. The molecule has 4 aromatic rings. The summed E-state index contributed by atoms with van der Waals surface area (Å²) in [5.74, 6) is -6.36. The van der Waals surface area contributed by atoms with Crippen molar-refractivity contribution in [2.75, 3.05) is 26.4 Å². The topological polar surface area (TPSA) is 134 Å². The van der Waals surface area contributed by atoms with Crippen molar-refractivity contribution in [3.05, 3.63) is 66.1 Å². The van der Waals surface area contributed by atoms with E-state index in [0.717, 1.165) is 35.6 Å². The second-order valence-electron chi connectivity index (χ2n) is 12.9. The molecule has 0 spiro atoms. The molecule has 18 heteroatoms. The van der Waals surface area contributed by atoms with Gasteiger partial charge in [0.05, 0.1) is 33.5 Å². The van der Waals surface area contributed by atoms with E-state index in [2.05, 4.69) is 15.3 Å². The fourth-order valence-electron chi connectivity index (χ4n) is 7.42. The molecule has 8 rings (SSSR count). The lowest BCUT2D eigenvalue weighted by molar-refractivity contribution is -0.0357. The van der Waals surface area contributed by atoms with Crippen molar-refractivity contribution in [3.63, 3.8) is 0 Å². The number of anilines is 3. The van der Waals surface area contributed by atoms with E-state index in [1.807, 2.05) is 9.62 Å². The van der Waals surface area contributed by atoms with Crippen LogP contribution in [0.25, 0.3) is 21.8 Å². The van der Waals surface area contributed by atoms with Crippen molar-refractivity contribution < 1.29 is 38.8 Å². The summed E-state index contributed by atoms with van der Waals surface area (Å²) in [6.45, 7) is 0. The summed E-state index contributed by atoms with van der Waals surface area (Å²) in [7, 11) is -7.99. The Kier molecular flexibility index (Phi) is 7.46. The summed E-state index contributed by atoms with van der Waals surface area (Å²) in [6.07, 6.45) is 1.82. The van der Waals surface area contributed by atoms with Crippen LogP contribution in [0.15, 0.2) is 53.6 Å². The second kappa shape index (κ2) is 11.3. The van der Waals surface area contributed by atoms with Gasteiger partial charge in [0, 0.05) is 42.7 Å². The summed E-state index contributed by atoms with van der Waals surface area (Å²) >= 11 is 1.12. The minimum absolute atomic E-state index is 0.0472. The Morgan fingerprint density at radius 2 is 1.57 bits per heavy atom. The summed E-state index contributed by atoms with van der Waals surface area (Å²) in [6, 6.07) is 6.76. The smallest absolute Gasteiger partial charge is 0.267 e. The Balaban J connectivity index is 1.18. The Morgan fingerprint density at radius 3 is 2.24 bits per heavy atom. The van der Waals surface area contributed by atoms with Crippen molar-refractivity contribution in [2.45, 2.75) is 54.6 Å². The van der Waals surface area contributed by atoms with Gasteiger partial charge >= 0.3 is 0 Å². The number of halogens is 5. The summed E-state index contributed by atoms with van der Waals surface area (Å²) < 4.78 is 126. The number of thiazole rings is 1. The Morgan fingerprint density at radius 1 is 0.918 bits per heavy atom. The highest BCUT2D eigenvalue weighted by molar-refractivity contribution is 7.92. The molecule has 4 aliphatic rings. The molecule has 4 fully saturated rings. The van der Waals surface area contributed by atoms with E-state index in [9.17, 15) is 34.4 Å². The SMILES string of the molecule is O=S1(=O)C[C@@H]2C(Nc3nccc(-c4sc(N5C6CCC5CC(F)(F)C6)nc4-c4cccc(NS(=O)(=O)c5c(F)cccc5F)c4F)n3)[C@@H]2C1. The van der Waals surface area contributed by atoms with Gasteiger partial charge in [-0.25, -0.2) is 53.7 Å². The highest BCUT2D eigenvalue weighted by Gasteiger charge is 2.59. The molecule has 10 nitrogen and oxygen atoms in total. The number of alkyl halides is 2. The molecule has 2 aromatic carbocycles. The Hall–Kier alpha value is -3.90. The molecule has 0 amide bonds. The zero-order valence-corrected chi connectivity index (χ0v) is 27.7. The predicted molar refractivity (Wildman–Crippen MR) is 172 cm³/mol. The molecule has 0 radical (unpaired) electrons. The predicted octanol–water partition coefficient (Wildman–Crippen LogP) is 5.71. The molecular formula is C31H27F5N6O4S3. The van der Waals surface area contributed by atoms with E-state index in [0.29, 0.717) is 28.5 Å². The van der Waals surface area contributed by atoms with Crippen LogP contribution in [-0.4, -0.2) is 67.3 Å². The number of nitrogens with zero attached hydrogens (tertiary/aromatic N) is 4. The first kappa shape index (κ1) is 32.3. The van der Waals surface area contributed by atoms with Crippen molar-refractivity contribution in [2.24, 2.45) is 11.8 Å². The molecule has 3 saturated heterocycles. The van der Waals surface area contributed by atoms with Crippen LogP contribution in [0.2, 0.25) is 0 Å². The van der Waals surface area contributed by atoms with Crippen LogP contribution in [0.3, 0.4) is 0 Å². The number of sulfone groups is 1. The minimum atomic E-state index is -4.92. The van der Waals surface area contributed by atoms with E-state index < -0.39 is 65.9 Å². The molecule has 49 heavy (non-hydrogen) atoms. The molecule has 5 heterocycles. The first-order valence-corrected chi connectivity index (χ1v) is 19.5. The molecule has 3 aliphatic heterocycles. The molecule has 1 saturated carbocycles. The average Bonchev–Trinajstić information content (AvgIpc) is 3.32. The van der Waals surface area contributed by atoms with Crippen LogP contribution in [0, 0.1) is 29.3 Å². The minimum Gasteiger partial charge on any atom is -0.351 e. The van der Waals surface area contributed by atoms with E-state index in [1.165, 1.54) is 18.3 Å². The van der Waals surface area contributed by atoms with Gasteiger partial charge < -0.3 is 10.2 Å². The van der Waals surface area contributed by atoms with Gasteiger partial charge in [0.15, 0.2) is 25.7 Å². The molecule has 258 valence electrons. The van der Waals surface area contributed by atoms with Crippen LogP contribution in [0.4, 0.5) is 38.7 Å². The zero-order valence-electron chi connectivity index (χ0n) is 25.3.